The second kappa shape index (κ2) is 20.5. The predicted molar refractivity (Wildman–Crippen MR) is 342 cm³/mol. The Morgan fingerprint density at radius 3 is 1.64 bits per heavy atom. The topological polar surface area (TPSA) is 51.0 Å². The largest absolute Gasteiger partial charge is 0.509 e. The molecule has 0 fully saturated rings. The van der Waals surface area contributed by atoms with Crippen LogP contribution in [0, 0.1) is 25.4 Å². The van der Waals surface area contributed by atoms with Crippen molar-refractivity contribution in [1.29, 1.82) is 0 Å². The average molecular weight is 1270 g/mol. The van der Waals surface area contributed by atoms with Crippen LogP contribution >= 0.6 is 0 Å². The molecule has 0 unspecified atom stereocenters. The number of anilines is 4. The summed E-state index contributed by atoms with van der Waals surface area (Å²) in [5.41, 5.74) is 17.8. The van der Waals surface area contributed by atoms with Gasteiger partial charge in [-0.3, -0.25) is 0 Å². The Bertz CT molecular complexity index is 4290. The molecule has 1 aliphatic heterocycles. The summed E-state index contributed by atoms with van der Waals surface area (Å²) >= 11 is 0. The van der Waals surface area contributed by atoms with Crippen LogP contribution < -0.4 is 14.5 Å². The first-order chi connectivity index (χ1) is 38.7. The Kier molecular flexibility index (Phi) is 14.0. The molecule has 12 rings (SSSR count). The summed E-state index contributed by atoms with van der Waals surface area (Å²) in [5.74, 6) is 1.86. The molecule has 1 aliphatic rings. The molecule has 83 heavy (non-hydrogen) atoms. The van der Waals surface area contributed by atoms with Crippen LogP contribution in [0.4, 0.5) is 28.4 Å². The van der Waals surface area contributed by atoms with Gasteiger partial charge in [0.1, 0.15) is 17.0 Å². The SMILES string of the molecule is [C-]#[N+]c1cccc2c1oc1c2ccc2c1c1ccc(Oc3[c-]c(N4[CH-]N(c5c(-c6ccc(C(C)(C)C)cc6)cc(C(C)(C)C)cc5-c5ccc(C(C)(C)C)cc5)c5ccccc54)cc(C(C)(C)C)c3)[c-]c1n2-c1cc(C(C)(C)C)ccn1.[Pt]. The number of pyridine rings is 1. The number of benzene rings is 8. The molecule has 0 saturated carbocycles. The molecule has 0 amide bonds. The average Bonchev–Trinajstić information content (AvgIpc) is 3.16. The number of hydrogen-bond donors (Lipinski definition) is 0. The second-order valence-electron chi connectivity index (χ2n) is 27.4. The molecule has 4 heterocycles. The van der Waals surface area contributed by atoms with E-state index in [9.17, 15) is 0 Å². The molecule has 0 radical (unpaired) electrons. The molecule has 7 nitrogen and oxygen atoms in total. The molecule has 0 bridgehead atoms. The second-order valence-corrected chi connectivity index (χ2v) is 27.4. The third kappa shape index (κ3) is 10.3. The third-order valence-corrected chi connectivity index (χ3v) is 16.4. The van der Waals surface area contributed by atoms with E-state index < -0.39 is 0 Å². The maximum atomic E-state index is 7.94. The molecule has 11 aromatic rings. The van der Waals surface area contributed by atoms with Crippen molar-refractivity contribution in [3.8, 4) is 39.6 Å². The zero-order valence-corrected chi connectivity index (χ0v) is 52.7. The molecule has 8 heteroatoms. The number of rotatable bonds is 7. The van der Waals surface area contributed by atoms with Crippen molar-refractivity contribution in [2.45, 2.75) is 131 Å². The van der Waals surface area contributed by atoms with Crippen LogP contribution in [0.25, 0.3) is 76.7 Å². The first-order valence-corrected chi connectivity index (χ1v) is 28.6. The zero-order chi connectivity index (χ0) is 58.0. The minimum absolute atomic E-state index is 0. The fraction of sp³-hybridized carbons (Fsp3) is 0.267. The summed E-state index contributed by atoms with van der Waals surface area (Å²) < 4.78 is 15.9. The molecule has 0 saturated heterocycles. The Morgan fingerprint density at radius 2 is 1.06 bits per heavy atom. The quantitative estimate of drug-likeness (QED) is 0.149. The van der Waals surface area contributed by atoms with Crippen molar-refractivity contribution < 1.29 is 30.2 Å². The van der Waals surface area contributed by atoms with E-state index >= 15 is 0 Å². The predicted octanol–water partition coefficient (Wildman–Crippen LogP) is 21.2. The van der Waals surface area contributed by atoms with Crippen LogP contribution in [-0.2, 0) is 48.1 Å². The molecule has 0 aliphatic carbocycles. The molecule has 422 valence electrons. The van der Waals surface area contributed by atoms with Crippen LogP contribution in [0.1, 0.15) is 132 Å². The number of aromatic nitrogens is 2. The van der Waals surface area contributed by atoms with E-state index in [1.165, 1.54) is 16.7 Å². The molecular weight excluding hydrogens is 1200 g/mol. The molecule has 0 atom stereocenters. The van der Waals surface area contributed by atoms with Crippen LogP contribution in [-0.4, -0.2) is 9.55 Å². The van der Waals surface area contributed by atoms with E-state index in [0.29, 0.717) is 22.8 Å². The monoisotopic (exact) mass is 1270 g/mol. The van der Waals surface area contributed by atoms with E-state index in [-0.39, 0.29) is 48.1 Å². The van der Waals surface area contributed by atoms with Gasteiger partial charge in [-0.05, 0) is 114 Å². The van der Waals surface area contributed by atoms with Gasteiger partial charge in [0, 0.05) is 83.2 Å². The Hall–Kier alpha value is -7.91. The van der Waals surface area contributed by atoms with E-state index in [1.54, 1.807) is 0 Å². The van der Waals surface area contributed by atoms with Crippen molar-refractivity contribution in [3.05, 3.63) is 216 Å². The van der Waals surface area contributed by atoms with Gasteiger partial charge < -0.3 is 23.5 Å². The van der Waals surface area contributed by atoms with Gasteiger partial charge >= 0.3 is 0 Å². The number of fused-ring (bicyclic) bond motifs is 8. The fourth-order valence-electron chi connectivity index (χ4n) is 11.5. The summed E-state index contributed by atoms with van der Waals surface area (Å²) in [6.07, 6.45) is 1.88. The maximum Gasteiger partial charge on any atom is 0.229 e. The normalized spacial score (nSPS) is 13.3. The Balaban J connectivity index is 0.00000721. The summed E-state index contributed by atoms with van der Waals surface area (Å²) in [4.78, 5) is 13.5. The molecule has 3 aromatic heterocycles. The zero-order valence-electron chi connectivity index (χ0n) is 50.5. The third-order valence-electron chi connectivity index (χ3n) is 16.4. The number of hydrogen-bond acceptors (Lipinski definition) is 5. The number of ether oxygens (including phenoxy) is 1. The van der Waals surface area contributed by atoms with Crippen molar-refractivity contribution in [3.63, 3.8) is 0 Å². The molecule has 0 N–H and O–H groups in total. The van der Waals surface area contributed by atoms with Crippen LogP contribution in [0.3, 0.4) is 0 Å². The molecule has 0 spiro atoms. The molecule has 8 aromatic carbocycles. The van der Waals surface area contributed by atoms with Crippen LogP contribution in [0.15, 0.2) is 162 Å². The Labute approximate surface area is 505 Å². The first kappa shape index (κ1) is 56.9. The Morgan fingerprint density at radius 1 is 0.506 bits per heavy atom. The molecular formula is C75H72N5O2Pt-3. The van der Waals surface area contributed by atoms with Crippen molar-refractivity contribution in [2.75, 3.05) is 9.80 Å². The van der Waals surface area contributed by atoms with Crippen LogP contribution in [0.5, 0.6) is 11.5 Å². The van der Waals surface area contributed by atoms with E-state index in [2.05, 4.69) is 269 Å². The van der Waals surface area contributed by atoms with Gasteiger partial charge in [-0.25, -0.2) is 9.83 Å². The summed E-state index contributed by atoms with van der Waals surface area (Å²) in [5, 5.41) is 3.71. The minimum atomic E-state index is -0.253. The van der Waals surface area contributed by atoms with Gasteiger partial charge in [-0.2, -0.15) is 6.07 Å². The summed E-state index contributed by atoms with van der Waals surface area (Å²) in [6.45, 7) is 44.1. The minimum Gasteiger partial charge on any atom is -0.509 e. The number of furan rings is 1. The smallest absolute Gasteiger partial charge is 0.229 e. The van der Waals surface area contributed by atoms with Gasteiger partial charge in [-0.15, -0.1) is 48.3 Å². The fourth-order valence-corrected chi connectivity index (χ4v) is 11.5. The van der Waals surface area contributed by atoms with Crippen molar-refractivity contribution >= 4 is 72.2 Å². The van der Waals surface area contributed by atoms with Crippen molar-refractivity contribution in [1.82, 2.24) is 9.55 Å². The van der Waals surface area contributed by atoms with Crippen LogP contribution in [0.2, 0.25) is 0 Å². The summed E-state index contributed by atoms with van der Waals surface area (Å²) in [7, 11) is 0. The number of para-hydroxylation sites is 3. The van der Waals surface area contributed by atoms with Gasteiger partial charge in [-0.1, -0.05) is 194 Å². The maximum absolute atomic E-state index is 7.94. The summed E-state index contributed by atoms with van der Waals surface area (Å²) in [6, 6.07) is 62.1. The van der Waals surface area contributed by atoms with E-state index in [0.717, 1.165) is 100 Å². The van der Waals surface area contributed by atoms with Gasteiger partial charge in [0.25, 0.3) is 0 Å². The van der Waals surface area contributed by atoms with Gasteiger partial charge in [0.15, 0.2) is 0 Å². The van der Waals surface area contributed by atoms with E-state index in [1.807, 2.05) is 30.5 Å². The number of nitrogens with zero attached hydrogens (tertiary/aromatic N) is 5. The van der Waals surface area contributed by atoms with E-state index in [4.69, 9.17) is 20.7 Å². The van der Waals surface area contributed by atoms with Gasteiger partial charge in [0.05, 0.1) is 6.57 Å². The first-order valence-electron chi connectivity index (χ1n) is 28.6. The van der Waals surface area contributed by atoms with Crippen molar-refractivity contribution in [2.24, 2.45) is 0 Å². The van der Waals surface area contributed by atoms with Gasteiger partial charge in [0.2, 0.25) is 5.69 Å². The standard InChI is InChI=1S/C75H72N5O2.Pt/c1-71(2,3)48-28-24-46(25-29-48)59-40-52(75(13,14)15)41-60(47-26-30-49(31-27-47)72(4,5)6)68(59)79-45-78(62-22-17-18-23-63(62)79)53-38-51(74(10,11)12)39-55(43-53)81-54-32-33-58-65(44-54)80(66-42-50(36-37-77-66)73(7,8)9)64-35-34-57-56-20-19-21-61(76-16)69(56)82-70(57)67(58)64;/h17-42,45H,1-15H3;/q-3;.